The molecule has 0 amide bonds. The van der Waals surface area contributed by atoms with Crippen LogP contribution < -0.4 is 9.92 Å². The maximum Gasteiger partial charge on any atom is 0.338 e. The van der Waals surface area contributed by atoms with Crippen LogP contribution in [0, 0.1) is 0 Å². The van der Waals surface area contributed by atoms with Crippen molar-refractivity contribution in [2.75, 3.05) is 13.7 Å². The highest BCUT2D eigenvalue weighted by molar-refractivity contribution is 6.46. The predicted molar refractivity (Wildman–Crippen MR) is 98.8 cm³/mol. The van der Waals surface area contributed by atoms with Crippen LogP contribution in [0.1, 0.15) is 30.6 Å². The van der Waals surface area contributed by atoms with Gasteiger partial charge in [0.2, 0.25) is 9.76 Å². The van der Waals surface area contributed by atoms with Crippen LogP contribution in [-0.4, -0.2) is 35.1 Å². The third-order valence-electron chi connectivity index (χ3n) is 3.62. The Labute approximate surface area is 150 Å². The number of ether oxygens (including phenoxy) is 2. The predicted octanol–water partition coefficient (Wildman–Crippen LogP) is 2.38. The molecule has 0 radical (unpaired) electrons. The minimum absolute atomic E-state index is 0.258. The van der Waals surface area contributed by atoms with Crippen LogP contribution in [0.5, 0.6) is 5.75 Å². The van der Waals surface area contributed by atoms with E-state index in [9.17, 15) is 4.79 Å². The van der Waals surface area contributed by atoms with Gasteiger partial charge < -0.3 is 9.47 Å². The van der Waals surface area contributed by atoms with Gasteiger partial charge in [-0.05, 0) is 43.3 Å². The molecular weight excluding hydrogens is 336 g/mol. The Hall–Kier alpha value is -2.15. The summed E-state index contributed by atoms with van der Waals surface area (Å²) < 4.78 is 15.8. The summed E-state index contributed by atoms with van der Waals surface area (Å²) in [5.74, 6) is 0.337. The van der Waals surface area contributed by atoms with E-state index in [-0.39, 0.29) is 12.6 Å². The van der Waals surface area contributed by atoms with E-state index in [1.807, 2.05) is 44.2 Å². The summed E-state index contributed by atoms with van der Waals surface area (Å²) in [7, 11) is 0.661. The van der Waals surface area contributed by atoms with Gasteiger partial charge >= 0.3 is 5.97 Å². The highest BCUT2D eigenvalue weighted by Crippen LogP contribution is 2.16. The van der Waals surface area contributed by atoms with Crippen LogP contribution in [0.4, 0.5) is 0 Å². The summed E-state index contributed by atoms with van der Waals surface area (Å²) in [5, 5.41) is 1.17. The molecule has 2 aromatic rings. The molecule has 0 N–H and O–H groups in total. The zero-order valence-electron chi connectivity index (χ0n) is 14.9. The van der Waals surface area contributed by atoms with Crippen molar-refractivity contribution in [3.05, 3.63) is 60.2 Å². The molecule has 0 aromatic heterocycles. The lowest BCUT2D eigenvalue weighted by Gasteiger charge is -2.23. The van der Waals surface area contributed by atoms with E-state index in [2.05, 4.69) is 0 Å². The minimum atomic E-state index is -0.920. The van der Waals surface area contributed by atoms with Gasteiger partial charge in [0.15, 0.2) is 0 Å². The van der Waals surface area contributed by atoms with Gasteiger partial charge in [0, 0.05) is 6.42 Å². The highest BCUT2D eigenvalue weighted by atomic mass is 28.2. The van der Waals surface area contributed by atoms with Gasteiger partial charge in [-0.3, -0.25) is 4.58 Å². The summed E-state index contributed by atoms with van der Waals surface area (Å²) >= 11 is 0. The van der Waals surface area contributed by atoms with Gasteiger partial charge in [-0.2, -0.15) is 0 Å². The molecule has 0 aliphatic carbocycles. The van der Waals surface area contributed by atoms with Crippen molar-refractivity contribution in [3.8, 4) is 5.75 Å². The van der Waals surface area contributed by atoms with Crippen molar-refractivity contribution in [3.63, 3.8) is 0 Å². The Morgan fingerprint density at radius 3 is 2.36 bits per heavy atom. The minimum Gasteiger partial charge on any atom is -0.497 e. The molecule has 2 rings (SSSR count). The number of hydrogen-bond donors (Lipinski definition) is 0. The number of hydrogen-bond acceptors (Lipinski definition) is 5. The Morgan fingerprint density at radius 1 is 1.04 bits per heavy atom. The maximum absolute atomic E-state index is 12.0. The highest BCUT2D eigenvalue weighted by Gasteiger charge is 2.21. The molecule has 0 unspecified atom stereocenters. The van der Waals surface area contributed by atoms with Crippen LogP contribution in [0.2, 0.25) is 0 Å². The molecule has 0 bridgehead atoms. The van der Waals surface area contributed by atoms with Crippen LogP contribution >= 0.6 is 0 Å². The number of esters is 1. The van der Waals surface area contributed by atoms with E-state index < -0.39 is 15.4 Å². The second kappa shape index (κ2) is 9.36. The third-order valence-corrected chi connectivity index (χ3v) is 4.66. The van der Waals surface area contributed by atoms with Crippen molar-refractivity contribution in [1.82, 2.24) is 0 Å². The summed E-state index contributed by atoms with van der Waals surface area (Å²) in [4.78, 5) is 17.5. The number of benzene rings is 2. The van der Waals surface area contributed by atoms with E-state index in [1.54, 1.807) is 31.4 Å². The number of rotatable bonds is 9. The van der Waals surface area contributed by atoms with Gasteiger partial charge in [0.05, 0.1) is 24.9 Å². The Balaban J connectivity index is 1.70. The van der Waals surface area contributed by atoms with Crippen molar-refractivity contribution >= 4 is 20.9 Å². The fourth-order valence-corrected chi connectivity index (χ4v) is 3.05. The molecule has 5 nitrogen and oxygen atoms in total. The molecule has 0 fully saturated rings. The van der Waals surface area contributed by atoms with Gasteiger partial charge in [-0.1, -0.05) is 30.3 Å². The number of carbonyl (C=O) groups excluding carboxylic acids is 1. The Bertz CT molecular complexity index is 655. The van der Waals surface area contributed by atoms with E-state index >= 15 is 0 Å². The number of methoxy groups -OCH3 is 1. The second-order valence-corrected chi connectivity index (χ2v) is 7.55. The molecule has 0 aliphatic rings. The van der Waals surface area contributed by atoms with Gasteiger partial charge in [0.1, 0.15) is 5.75 Å². The Morgan fingerprint density at radius 2 is 1.72 bits per heavy atom. The first-order valence-electron chi connectivity index (χ1n) is 8.16. The fourth-order valence-electron chi connectivity index (χ4n) is 2.07. The first-order chi connectivity index (χ1) is 12.0. The second-order valence-electron chi connectivity index (χ2n) is 6.21. The topological polar surface area (TPSA) is 54.0 Å². The van der Waals surface area contributed by atoms with Gasteiger partial charge in [-0.15, -0.1) is 0 Å². The van der Waals surface area contributed by atoms with Crippen molar-refractivity contribution in [2.45, 2.75) is 25.9 Å². The van der Waals surface area contributed by atoms with Crippen molar-refractivity contribution < 1.29 is 23.7 Å². The molecule has 2 aromatic carbocycles. The van der Waals surface area contributed by atoms with E-state index in [0.29, 0.717) is 17.7 Å². The average molecular weight is 360 g/mol. The smallest absolute Gasteiger partial charge is 0.338 e. The fraction of sp³-hybridized carbons (Fsp3) is 0.316. The summed E-state index contributed by atoms with van der Waals surface area (Å²) in [5.41, 5.74) is -0.0330. The van der Waals surface area contributed by atoms with E-state index in [1.165, 1.54) is 5.19 Å². The maximum atomic E-state index is 12.0. The Kier molecular flexibility index (Phi) is 7.18. The zero-order valence-corrected chi connectivity index (χ0v) is 16.3. The summed E-state index contributed by atoms with van der Waals surface area (Å²) in [6, 6.07) is 16.8. The third kappa shape index (κ3) is 6.70. The zero-order chi connectivity index (χ0) is 18.1. The van der Waals surface area contributed by atoms with Crippen LogP contribution in [-0.2, 0) is 14.2 Å². The number of carbonyl (C=O) groups is 1. The van der Waals surface area contributed by atoms with Crippen LogP contribution in [0.3, 0.4) is 0 Å². The molecule has 0 atom stereocenters. The normalized spacial score (nSPS) is 11.6. The summed E-state index contributed by atoms with van der Waals surface area (Å²) in [6.07, 6.45) is 0.540. The van der Waals surface area contributed by atoms with E-state index in [0.717, 1.165) is 0 Å². The van der Waals surface area contributed by atoms with Crippen molar-refractivity contribution in [1.29, 1.82) is 0 Å². The molecule has 25 heavy (non-hydrogen) atoms. The average Bonchev–Trinajstić information content (AvgIpc) is 2.62. The summed E-state index contributed by atoms with van der Waals surface area (Å²) in [6.45, 7) is 4.08. The van der Waals surface area contributed by atoms with Gasteiger partial charge in [0.25, 0.3) is 0 Å². The molecule has 0 saturated carbocycles. The SMILES string of the molecule is COc1ccc(C(=O)OCCC(C)(C)OO[SiH2]c2ccccc2)cc1. The molecule has 0 heterocycles. The lowest BCUT2D eigenvalue weighted by molar-refractivity contribution is -0.285. The molecule has 0 aliphatic heterocycles. The molecule has 134 valence electrons. The van der Waals surface area contributed by atoms with Crippen LogP contribution in [0.15, 0.2) is 54.6 Å². The van der Waals surface area contributed by atoms with Crippen LogP contribution in [0.25, 0.3) is 0 Å². The molecular formula is C19H24O5Si. The van der Waals surface area contributed by atoms with Crippen molar-refractivity contribution in [2.24, 2.45) is 0 Å². The molecule has 6 heteroatoms. The quantitative estimate of drug-likeness (QED) is 0.297. The largest absolute Gasteiger partial charge is 0.497 e. The lowest BCUT2D eigenvalue weighted by atomic mass is 10.1. The van der Waals surface area contributed by atoms with E-state index in [4.69, 9.17) is 18.9 Å². The molecule has 0 saturated heterocycles. The monoisotopic (exact) mass is 360 g/mol. The molecule has 0 spiro atoms. The lowest BCUT2D eigenvalue weighted by Crippen LogP contribution is -2.30. The van der Waals surface area contributed by atoms with Gasteiger partial charge in [-0.25, -0.2) is 9.68 Å². The standard InChI is InChI=1S/C19H24O5Si/c1-19(2,23-24-25-17-7-5-4-6-8-17)13-14-22-18(20)15-9-11-16(21-3)12-10-15/h4-12H,13-14,25H2,1-3H3. The first-order valence-corrected chi connectivity index (χ1v) is 9.44. The first kappa shape index (κ1) is 19.2.